The number of sulfonamides is 1. The largest absolute Gasteiger partial charge is 0.327 e. The highest BCUT2D eigenvalue weighted by atomic mass is 35.5. The molecule has 0 atom stereocenters. The van der Waals surface area contributed by atoms with Gasteiger partial charge in [0.05, 0.1) is 15.9 Å². The minimum Gasteiger partial charge on any atom is -0.327 e. The summed E-state index contributed by atoms with van der Waals surface area (Å²) in [5, 5.41) is 0.392. The summed E-state index contributed by atoms with van der Waals surface area (Å²) in [5.41, 5.74) is 1.98. The van der Waals surface area contributed by atoms with E-state index in [4.69, 9.17) is 11.6 Å². The molecule has 0 saturated carbocycles. The van der Waals surface area contributed by atoms with Crippen LogP contribution in [0.1, 0.15) is 5.82 Å². The lowest BCUT2D eigenvalue weighted by molar-refractivity contribution is 0.383. The van der Waals surface area contributed by atoms with Crippen LogP contribution in [-0.4, -0.2) is 50.1 Å². The van der Waals surface area contributed by atoms with Crippen molar-refractivity contribution >= 4 is 32.7 Å². The number of fused-ring (bicyclic) bond motifs is 1. The van der Waals surface area contributed by atoms with E-state index in [9.17, 15) is 8.42 Å². The number of likely N-dealkylation sites (N-methyl/N-ethyl adjacent to an activating group) is 1. The molecule has 144 valence electrons. The van der Waals surface area contributed by atoms with Gasteiger partial charge in [-0.15, -0.1) is 0 Å². The fourth-order valence-corrected chi connectivity index (χ4v) is 4.21. The molecule has 0 amide bonds. The second kappa shape index (κ2) is 8.39. The molecule has 2 aromatic carbocycles. The molecule has 3 rings (SSSR count). The molecule has 0 aliphatic heterocycles. The van der Waals surface area contributed by atoms with Crippen LogP contribution in [0.5, 0.6) is 0 Å². The molecule has 6 nitrogen and oxygen atoms in total. The molecule has 27 heavy (non-hydrogen) atoms. The highest BCUT2D eigenvalue weighted by Crippen LogP contribution is 2.17. The van der Waals surface area contributed by atoms with Crippen molar-refractivity contribution < 1.29 is 8.42 Å². The molecule has 0 saturated heterocycles. The number of halogens is 1. The Morgan fingerprint density at radius 1 is 1.15 bits per heavy atom. The lowest BCUT2D eigenvalue weighted by atomic mass is 10.3. The lowest BCUT2D eigenvalue weighted by Gasteiger charge is -2.13. The van der Waals surface area contributed by atoms with Gasteiger partial charge in [-0.3, -0.25) is 0 Å². The SMILES string of the molecule is CN(C)CCn1c(CCNS(=O)(=O)c2cccc(Cl)c2)nc2ccccc21. The zero-order chi connectivity index (χ0) is 19.4. The van der Waals surface area contributed by atoms with Crippen LogP contribution < -0.4 is 4.72 Å². The van der Waals surface area contributed by atoms with Crippen molar-refractivity contribution in [2.75, 3.05) is 27.2 Å². The van der Waals surface area contributed by atoms with Crippen molar-refractivity contribution in [1.82, 2.24) is 19.2 Å². The molecule has 0 radical (unpaired) electrons. The lowest BCUT2D eigenvalue weighted by Crippen LogP contribution is -2.27. The van der Waals surface area contributed by atoms with E-state index in [1.54, 1.807) is 12.1 Å². The first kappa shape index (κ1) is 19.8. The van der Waals surface area contributed by atoms with Gasteiger partial charge in [0.1, 0.15) is 5.82 Å². The van der Waals surface area contributed by atoms with E-state index >= 15 is 0 Å². The molecule has 8 heteroatoms. The number of hydrogen-bond acceptors (Lipinski definition) is 4. The standard InChI is InChI=1S/C19H23ClN4O2S/c1-23(2)12-13-24-18-9-4-3-8-17(18)22-19(24)10-11-21-27(25,26)16-7-5-6-15(20)14-16/h3-9,14,21H,10-13H2,1-2H3. The normalized spacial score (nSPS) is 12.1. The number of aromatic nitrogens is 2. The van der Waals surface area contributed by atoms with Crippen molar-refractivity contribution in [3.05, 3.63) is 59.4 Å². The van der Waals surface area contributed by atoms with Crippen molar-refractivity contribution in [1.29, 1.82) is 0 Å². The highest BCUT2D eigenvalue weighted by molar-refractivity contribution is 7.89. The fourth-order valence-electron chi connectivity index (χ4n) is 2.88. The Morgan fingerprint density at radius 3 is 2.67 bits per heavy atom. The molecule has 0 aliphatic carbocycles. The maximum Gasteiger partial charge on any atom is 0.240 e. The molecule has 0 fully saturated rings. The Labute approximate surface area is 164 Å². The molecule has 0 bridgehead atoms. The van der Waals surface area contributed by atoms with Crippen LogP contribution in [0.2, 0.25) is 5.02 Å². The summed E-state index contributed by atoms with van der Waals surface area (Å²) in [6.07, 6.45) is 0.502. The molecule has 1 aromatic heterocycles. The Bertz CT molecular complexity index is 1030. The van der Waals surface area contributed by atoms with Crippen LogP contribution in [0.3, 0.4) is 0 Å². The smallest absolute Gasteiger partial charge is 0.240 e. The first-order chi connectivity index (χ1) is 12.9. The van der Waals surface area contributed by atoms with Crippen LogP contribution in [0.15, 0.2) is 53.4 Å². The Balaban J connectivity index is 1.75. The number of benzene rings is 2. The summed E-state index contributed by atoms with van der Waals surface area (Å²) in [7, 11) is 0.450. The quantitative estimate of drug-likeness (QED) is 0.624. The molecular weight excluding hydrogens is 384 g/mol. The van der Waals surface area contributed by atoms with E-state index in [1.807, 2.05) is 38.4 Å². The zero-order valence-electron chi connectivity index (χ0n) is 15.4. The van der Waals surface area contributed by atoms with Gasteiger partial charge in [0, 0.05) is 31.1 Å². The van der Waals surface area contributed by atoms with Crippen LogP contribution in [-0.2, 0) is 23.0 Å². The van der Waals surface area contributed by atoms with Gasteiger partial charge < -0.3 is 9.47 Å². The molecule has 1 heterocycles. The van der Waals surface area contributed by atoms with E-state index in [2.05, 4.69) is 19.2 Å². The van der Waals surface area contributed by atoms with Gasteiger partial charge in [-0.25, -0.2) is 18.1 Å². The van der Waals surface area contributed by atoms with Gasteiger partial charge in [0.25, 0.3) is 0 Å². The van der Waals surface area contributed by atoms with Crippen LogP contribution >= 0.6 is 11.6 Å². The maximum absolute atomic E-state index is 12.4. The van der Waals surface area contributed by atoms with Crippen molar-refractivity contribution in [3.8, 4) is 0 Å². The molecule has 0 unspecified atom stereocenters. The van der Waals surface area contributed by atoms with Gasteiger partial charge in [-0.2, -0.15) is 0 Å². The minimum atomic E-state index is -3.60. The number of hydrogen-bond donors (Lipinski definition) is 1. The van der Waals surface area contributed by atoms with Crippen LogP contribution in [0, 0.1) is 0 Å². The van der Waals surface area contributed by atoms with E-state index < -0.39 is 10.0 Å². The van der Waals surface area contributed by atoms with Crippen molar-refractivity contribution in [2.24, 2.45) is 0 Å². The number of nitrogens with one attached hydrogen (secondary N) is 1. The third-order valence-electron chi connectivity index (χ3n) is 4.25. The van der Waals surface area contributed by atoms with Crippen molar-refractivity contribution in [3.63, 3.8) is 0 Å². The number of nitrogens with zero attached hydrogens (tertiary/aromatic N) is 3. The molecular formula is C19H23ClN4O2S. The molecule has 0 aliphatic rings. The summed E-state index contributed by atoms with van der Waals surface area (Å²) in [6.45, 7) is 1.94. The summed E-state index contributed by atoms with van der Waals surface area (Å²) < 4.78 is 29.7. The van der Waals surface area contributed by atoms with Crippen LogP contribution in [0.4, 0.5) is 0 Å². The van der Waals surface area contributed by atoms with E-state index in [0.717, 1.165) is 29.9 Å². The van der Waals surface area contributed by atoms with E-state index in [0.29, 0.717) is 11.4 Å². The number of rotatable bonds is 8. The number of para-hydroxylation sites is 2. The van der Waals surface area contributed by atoms with Gasteiger partial charge in [0.15, 0.2) is 0 Å². The summed E-state index contributed by atoms with van der Waals surface area (Å²) >= 11 is 5.90. The molecule has 1 N–H and O–H groups in total. The van der Waals surface area contributed by atoms with E-state index in [-0.39, 0.29) is 11.4 Å². The molecule has 3 aromatic rings. The van der Waals surface area contributed by atoms with Crippen molar-refractivity contribution in [2.45, 2.75) is 17.9 Å². The monoisotopic (exact) mass is 406 g/mol. The van der Waals surface area contributed by atoms with Gasteiger partial charge >= 0.3 is 0 Å². The maximum atomic E-state index is 12.4. The predicted octanol–water partition coefficient (Wildman–Crippen LogP) is 2.77. The average Bonchev–Trinajstić information content (AvgIpc) is 2.97. The van der Waals surface area contributed by atoms with Crippen LogP contribution in [0.25, 0.3) is 11.0 Å². The minimum absolute atomic E-state index is 0.163. The second-order valence-corrected chi connectivity index (χ2v) is 8.78. The fraction of sp³-hybridized carbons (Fsp3) is 0.316. The third kappa shape index (κ3) is 4.87. The summed E-state index contributed by atoms with van der Waals surface area (Å²) in [4.78, 5) is 6.96. The Morgan fingerprint density at radius 2 is 1.93 bits per heavy atom. The van der Waals surface area contributed by atoms with Gasteiger partial charge in [0.2, 0.25) is 10.0 Å². The number of imidazole rings is 1. The van der Waals surface area contributed by atoms with E-state index in [1.165, 1.54) is 12.1 Å². The van der Waals surface area contributed by atoms with Gasteiger partial charge in [-0.05, 0) is 44.4 Å². The summed E-state index contributed by atoms with van der Waals surface area (Å²) in [6, 6.07) is 14.2. The highest BCUT2D eigenvalue weighted by Gasteiger charge is 2.15. The molecule has 0 spiro atoms. The average molecular weight is 407 g/mol. The second-order valence-electron chi connectivity index (χ2n) is 6.58. The predicted molar refractivity (Wildman–Crippen MR) is 109 cm³/mol. The topological polar surface area (TPSA) is 67.2 Å². The summed E-state index contributed by atoms with van der Waals surface area (Å²) in [5.74, 6) is 0.867. The first-order valence-electron chi connectivity index (χ1n) is 8.71. The Kier molecular flexibility index (Phi) is 6.16. The van der Waals surface area contributed by atoms with Gasteiger partial charge in [-0.1, -0.05) is 29.8 Å². The first-order valence-corrected chi connectivity index (χ1v) is 10.6. The third-order valence-corrected chi connectivity index (χ3v) is 5.95. The Hall–Kier alpha value is -1.93. The zero-order valence-corrected chi connectivity index (χ0v) is 17.0.